The Kier molecular flexibility index (Phi) is 7.80. The first kappa shape index (κ1) is 32.8. The zero-order valence-electron chi connectivity index (χ0n) is 31.1. The number of rotatable bonds is 5. The normalized spacial score (nSPS) is 20.7. The van der Waals surface area contributed by atoms with Gasteiger partial charge in [-0.2, -0.15) is 0 Å². The fourth-order valence-electron chi connectivity index (χ4n) is 9.71. The van der Waals surface area contributed by atoms with Crippen LogP contribution < -0.4 is 4.74 Å². The maximum Gasteiger partial charge on any atom is 0.160 e. The van der Waals surface area contributed by atoms with Crippen molar-refractivity contribution in [3.05, 3.63) is 227 Å². The third-order valence-electron chi connectivity index (χ3n) is 12.4. The molecule has 2 heterocycles. The maximum absolute atomic E-state index is 7.10. The molecule has 0 saturated carbocycles. The van der Waals surface area contributed by atoms with Crippen molar-refractivity contribution in [1.29, 1.82) is 0 Å². The van der Waals surface area contributed by atoms with Crippen LogP contribution in [0.3, 0.4) is 0 Å². The monoisotopic (exact) mass is 720 g/mol. The molecule has 5 aliphatic rings. The van der Waals surface area contributed by atoms with Gasteiger partial charge < -0.3 is 4.74 Å². The van der Waals surface area contributed by atoms with E-state index in [0.717, 1.165) is 53.4 Å². The Morgan fingerprint density at radius 3 is 2.05 bits per heavy atom. The van der Waals surface area contributed by atoms with E-state index in [4.69, 9.17) is 14.7 Å². The Morgan fingerprint density at radius 2 is 1.30 bits per heavy atom. The molecule has 4 aliphatic carbocycles. The van der Waals surface area contributed by atoms with Gasteiger partial charge in [0.05, 0.1) is 16.8 Å². The van der Waals surface area contributed by atoms with Gasteiger partial charge in [0.25, 0.3) is 0 Å². The van der Waals surface area contributed by atoms with Crippen molar-refractivity contribution in [2.24, 2.45) is 0 Å². The van der Waals surface area contributed by atoms with Crippen LogP contribution in [-0.2, 0) is 5.41 Å². The first-order valence-electron chi connectivity index (χ1n) is 19.9. The minimum absolute atomic E-state index is 0.0178. The third-order valence-corrected chi connectivity index (χ3v) is 12.4. The van der Waals surface area contributed by atoms with Gasteiger partial charge in [0, 0.05) is 40.5 Å². The average molecular weight is 721 g/mol. The molecule has 11 rings (SSSR count). The van der Waals surface area contributed by atoms with Crippen molar-refractivity contribution >= 4 is 5.57 Å². The predicted octanol–water partition coefficient (Wildman–Crippen LogP) is 12.5. The summed E-state index contributed by atoms with van der Waals surface area (Å²) >= 11 is 0. The highest BCUT2D eigenvalue weighted by atomic mass is 16.5. The van der Waals surface area contributed by atoms with E-state index in [-0.39, 0.29) is 23.4 Å². The Morgan fingerprint density at radius 1 is 0.571 bits per heavy atom. The molecule has 0 saturated heterocycles. The van der Waals surface area contributed by atoms with E-state index < -0.39 is 0 Å². The molecule has 0 bridgehead atoms. The number of para-hydroxylation sites is 1. The number of allylic oxidation sites excluding steroid dienone is 10. The van der Waals surface area contributed by atoms with Gasteiger partial charge in [-0.1, -0.05) is 182 Å². The Labute approximate surface area is 328 Å². The number of aromatic nitrogens is 2. The molecule has 0 amide bonds. The molecule has 5 aromatic carbocycles. The second-order valence-corrected chi connectivity index (χ2v) is 15.4. The topological polar surface area (TPSA) is 35.0 Å². The van der Waals surface area contributed by atoms with Crippen LogP contribution in [0.5, 0.6) is 5.75 Å². The molecular formula is C53H40N2O. The van der Waals surface area contributed by atoms with E-state index in [1.54, 1.807) is 0 Å². The van der Waals surface area contributed by atoms with Crippen LogP contribution in [0.15, 0.2) is 194 Å². The molecule has 3 nitrogen and oxygen atoms in total. The third kappa shape index (κ3) is 5.18. The van der Waals surface area contributed by atoms with Crippen molar-refractivity contribution in [3.63, 3.8) is 0 Å². The molecule has 1 aromatic heterocycles. The van der Waals surface area contributed by atoms with Crippen molar-refractivity contribution < 1.29 is 4.74 Å². The Hall–Kier alpha value is -6.58. The van der Waals surface area contributed by atoms with Crippen LogP contribution in [0.4, 0.5) is 0 Å². The summed E-state index contributed by atoms with van der Waals surface area (Å²) in [7, 11) is 0. The molecule has 0 fully saturated rings. The van der Waals surface area contributed by atoms with E-state index in [0.29, 0.717) is 0 Å². The largest absolute Gasteiger partial charge is 0.485 e. The van der Waals surface area contributed by atoms with Crippen molar-refractivity contribution in [1.82, 2.24) is 9.97 Å². The average Bonchev–Trinajstić information content (AvgIpc) is 3.57. The Bertz CT molecular complexity index is 2660. The van der Waals surface area contributed by atoms with Crippen LogP contribution in [-0.4, -0.2) is 16.1 Å². The van der Waals surface area contributed by atoms with Crippen molar-refractivity contribution in [2.75, 3.05) is 0 Å². The lowest BCUT2D eigenvalue weighted by atomic mass is 9.62. The SMILES string of the molecule is C1=CCC2Oc3c(C4C=CC(c5ccc(-c6cc(C7C=CC=CC7)nc(-c7ccccc7)n6)cc5)=CC4)cccc3C3(C2=C1)c1ccccc1-c1ccccc13. The highest BCUT2D eigenvalue weighted by molar-refractivity contribution is 5.88. The molecule has 0 N–H and O–H groups in total. The lowest BCUT2D eigenvalue weighted by Crippen LogP contribution is -2.43. The zero-order chi connectivity index (χ0) is 37.1. The van der Waals surface area contributed by atoms with E-state index in [1.807, 2.05) is 18.2 Å². The zero-order valence-corrected chi connectivity index (χ0v) is 31.1. The van der Waals surface area contributed by atoms with E-state index in [1.165, 1.54) is 50.1 Å². The highest BCUT2D eigenvalue weighted by Crippen LogP contribution is 2.62. The smallest absolute Gasteiger partial charge is 0.160 e. The number of hydrogen-bond acceptors (Lipinski definition) is 3. The summed E-state index contributed by atoms with van der Waals surface area (Å²) in [6, 6.07) is 46.2. The van der Waals surface area contributed by atoms with Gasteiger partial charge in [-0.15, -0.1) is 0 Å². The molecule has 1 spiro atoms. The fraction of sp³-hybridized carbons (Fsp3) is 0.132. The molecular weight excluding hydrogens is 681 g/mol. The van der Waals surface area contributed by atoms with Crippen molar-refractivity contribution in [3.8, 4) is 39.5 Å². The number of benzene rings is 5. The van der Waals surface area contributed by atoms with Gasteiger partial charge in [-0.05, 0) is 57.9 Å². The predicted molar refractivity (Wildman–Crippen MR) is 227 cm³/mol. The van der Waals surface area contributed by atoms with Crippen LogP contribution in [0.2, 0.25) is 0 Å². The summed E-state index contributed by atoms with van der Waals surface area (Å²) in [5.74, 6) is 2.26. The lowest BCUT2D eigenvalue weighted by molar-refractivity contribution is 0.202. The van der Waals surface area contributed by atoms with Gasteiger partial charge >= 0.3 is 0 Å². The number of fused-ring (bicyclic) bond motifs is 9. The molecule has 0 radical (unpaired) electrons. The molecule has 3 unspecified atom stereocenters. The molecule has 268 valence electrons. The maximum atomic E-state index is 7.10. The van der Waals surface area contributed by atoms with Crippen LogP contribution in [0.25, 0.3) is 39.3 Å². The number of nitrogens with zero attached hydrogens (tertiary/aromatic N) is 2. The number of ether oxygens (including phenoxy) is 1. The summed E-state index contributed by atoms with van der Waals surface area (Å²) in [5, 5.41) is 0. The second-order valence-electron chi connectivity index (χ2n) is 15.4. The summed E-state index contributed by atoms with van der Waals surface area (Å²) in [6.07, 6.45) is 25.2. The summed E-state index contributed by atoms with van der Waals surface area (Å²) in [4.78, 5) is 10.1. The lowest BCUT2D eigenvalue weighted by Gasteiger charge is -2.46. The second kappa shape index (κ2) is 13.3. The van der Waals surface area contributed by atoms with E-state index in [9.17, 15) is 0 Å². The molecule has 6 aromatic rings. The van der Waals surface area contributed by atoms with Crippen LogP contribution in [0, 0.1) is 0 Å². The summed E-state index contributed by atoms with van der Waals surface area (Å²) in [6.45, 7) is 0. The fourth-order valence-corrected chi connectivity index (χ4v) is 9.71. The van der Waals surface area contributed by atoms with Gasteiger partial charge in [-0.3, -0.25) is 0 Å². The molecule has 3 atom stereocenters. The van der Waals surface area contributed by atoms with Gasteiger partial charge in [0.2, 0.25) is 0 Å². The molecule has 56 heavy (non-hydrogen) atoms. The molecule has 3 heteroatoms. The summed E-state index contributed by atoms with van der Waals surface area (Å²) in [5.41, 5.74) is 15.4. The van der Waals surface area contributed by atoms with Crippen molar-refractivity contribution in [2.45, 2.75) is 42.6 Å². The first-order chi connectivity index (χ1) is 27.8. The first-order valence-corrected chi connectivity index (χ1v) is 19.9. The van der Waals surface area contributed by atoms with Gasteiger partial charge in [0.1, 0.15) is 11.9 Å². The minimum atomic E-state index is -0.385. The van der Waals surface area contributed by atoms with E-state index in [2.05, 4.69) is 170 Å². The van der Waals surface area contributed by atoms with Crippen LogP contribution >= 0.6 is 0 Å². The molecule has 1 aliphatic heterocycles. The minimum Gasteiger partial charge on any atom is -0.485 e. The van der Waals surface area contributed by atoms with Gasteiger partial charge in [-0.25, -0.2) is 9.97 Å². The van der Waals surface area contributed by atoms with E-state index >= 15 is 0 Å². The standard InChI is InChI=1S/C53H40N2O/c1-3-14-38(15-4-1)48-34-49(55-52(54-48)40-16-5-2-6-17-40)39-32-28-36(29-33-39)35-26-30-37(31-27-35)41-20-13-24-47-51(41)56-50-25-12-11-23-46(50)53(47)44-21-9-7-18-42(44)43-19-8-10-22-45(43)53/h1-14,16-24,26-30,32-34,37-38,50H,15,25,31H2. The quantitative estimate of drug-likeness (QED) is 0.178. The van der Waals surface area contributed by atoms with Gasteiger partial charge in [0.15, 0.2) is 5.82 Å². The highest BCUT2D eigenvalue weighted by Gasteiger charge is 2.54. The Balaban J connectivity index is 0.919. The number of hydrogen-bond donors (Lipinski definition) is 0. The van der Waals surface area contributed by atoms with Crippen LogP contribution in [0.1, 0.15) is 64.6 Å². The summed E-state index contributed by atoms with van der Waals surface area (Å²) < 4.78 is 7.10.